The van der Waals surface area contributed by atoms with Gasteiger partial charge in [-0.25, -0.2) is 0 Å². The lowest BCUT2D eigenvalue weighted by Crippen LogP contribution is -2.33. The molecule has 0 saturated carbocycles. The molecule has 1 atom stereocenters. The lowest BCUT2D eigenvalue weighted by molar-refractivity contribution is -0.137. The SMILES string of the molecule is CC1CCN(c2ccc([C@@H](C)NC(=S)Nc3ccc(Cl)c(C(F)(F)F)c3)cc2)CC1. The van der Waals surface area contributed by atoms with E-state index in [-0.39, 0.29) is 21.9 Å². The van der Waals surface area contributed by atoms with Crippen LogP contribution in [0.2, 0.25) is 5.02 Å². The first kappa shape index (κ1) is 22.7. The predicted octanol–water partition coefficient (Wildman–Crippen LogP) is 6.64. The lowest BCUT2D eigenvalue weighted by atomic mass is 9.98. The molecule has 2 aromatic rings. The zero-order chi connectivity index (χ0) is 21.9. The molecule has 0 spiro atoms. The maximum Gasteiger partial charge on any atom is 0.417 e. The van der Waals surface area contributed by atoms with E-state index >= 15 is 0 Å². The summed E-state index contributed by atoms with van der Waals surface area (Å²) in [4.78, 5) is 2.40. The third-order valence-electron chi connectivity index (χ3n) is 5.42. The molecular formula is C22H25ClF3N3S. The monoisotopic (exact) mass is 455 g/mol. The third-order valence-corrected chi connectivity index (χ3v) is 5.97. The summed E-state index contributed by atoms with van der Waals surface area (Å²) < 4.78 is 39.1. The molecule has 0 aliphatic carbocycles. The minimum absolute atomic E-state index is 0.102. The van der Waals surface area contributed by atoms with Gasteiger partial charge >= 0.3 is 6.18 Å². The van der Waals surface area contributed by atoms with Crippen LogP contribution in [0, 0.1) is 5.92 Å². The van der Waals surface area contributed by atoms with Crippen molar-refractivity contribution in [3.05, 3.63) is 58.6 Å². The summed E-state index contributed by atoms with van der Waals surface area (Å²) in [5.74, 6) is 0.783. The van der Waals surface area contributed by atoms with Gasteiger partial charge in [0.1, 0.15) is 0 Å². The Kier molecular flexibility index (Phi) is 7.14. The maximum absolute atomic E-state index is 13.0. The predicted molar refractivity (Wildman–Crippen MR) is 121 cm³/mol. The number of anilines is 2. The number of hydrogen-bond acceptors (Lipinski definition) is 2. The Bertz CT molecular complexity index is 878. The summed E-state index contributed by atoms with van der Waals surface area (Å²) in [5, 5.41) is 5.82. The molecule has 8 heteroatoms. The van der Waals surface area contributed by atoms with Crippen molar-refractivity contribution < 1.29 is 13.2 Å². The summed E-state index contributed by atoms with van der Waals surface area (Å²) in [7, 11) is 0. The van der Waals surface area contributed by atoms with Crippen LogP contribution in [0.4, 0.5) is 24.5 Å². The molecule has 2 N–H and O–H groups in total. The number of piperidine rings is 1. The quantitative estimate of drug-likeness (QED) is 0.505. The molecule has 1 fully saturated rings. The van der Waals surface area contributed by atoms with Crippen LogP contribution in [0.15, 0.2) is 42.5 Å². The number of alkyl halides is 3. The minimum atomic E-state index is -4.52. The number of nitrogens with one attached hydrogen (secondary N) is 2. The van der Waals surface area contributed by atoms with Gasteiger partial charge in [0.25, 0.3) is 0 Å². The molecule has 0 radical (unpaired) electrons. The molecular weight excluding hydrogens is 431 g/mol. The zero-order valence-electron chi connectivity index (χ0n) is 16.9. The Morgan fingerprint density at radius 2 is 1.77 bits per heavy atom. The fraction of sp³-hybridized carbons (Fsp3) is 0.409. The van der Waals surface area contributed by atoms with Gasteiger partial charge < -0.3 is 15.5 Å². The first-order valence-electron chi connectivity index (χ1n) is 9.92. The van der Waals surface area contributed by atoms with Crippen molar-refractivity contribution in [2.45, 2.75) is 38.9 Å². The summed E-state index contributed by atoms with van der Waals surface area (Å²) in [5.41, 5.74) is 1.58. The molecule has 1 heterocycles. The van der Waals surface area contributed by atoms with Crippen LogP contribution in [0.25, 0.3) is 0 Å². The van der Waals surface area contributed by atoms with Crippen molar-refractivity contribution in [1.82, 2.24) is 5.32 Å². The van der Waals surface area contributed by atoms with Gasteiger partial charge in [0.05, 0.1) is 16.6 Å². The highest BCUT2D eigenvalue weighted by molar-refractivity contribution is 7.80. The molecule has 0 bridgehead atoms. The van der Waals surface area contributed by atoms with Gasteiger partial charge in [-0.05, 0) is 73.8 Å². The van der Waals surface area contributed by atoms with Crippen LogP contribution >= 0.6 is 23.8 Å². The first-order chi connectivity index (χ1) is 14.1. The molecule has 1 aliphatic heterocycles. The molecule has 1 saturated heterocycles. The van der Waals surface area contributed by atoms with Crippen molar-refractivity contribution in [2.75, 3.05) is 23.3 Å². The van der Waals surface area contributed by atoms with E-state index in [0.29, 0.717) is 0 Å². The van der Waals surface area contributed by atoms with Crippen LogP contribution in [0.5, 0.6) is 0 Å². The molecule has 2 aromatic carbocycles. The van der Waals surface area contributed by atoms with Gasteiger partial charge in [0.2, 0.25) is 0 Å². The van der Waals surface area contributed by atoms with Crippen LogP contribution in [-0.4, -0.2) is 18.2 Å². The Morgan fingerprint density at radius 3 is 2.37 bits per heavy atom. The standard InChI is InChI=1S/C22H25ClF3N3S/c1-14-9-11-29(12-10-14)18-6-3-16(4-7-18)15(2)27-21(30)28-17-5-8-20(23)19(13-17)22(24,25)26/h3-8,13-15H,9-12H2,1-2H3,(H2,27,28,30)/t15-/m1/s1. The number of benzene rings is 2. The number of rotatable bonds is 4. The van der Waals surface area contributed by atoms with Gasteiger partial charge in [-0.1, -0.05) is 30.7 Å². The van der Waals surface area contributed by atoms with E-state index in [2.05, 4.69) is 46.7 Å². The average Bonchev–Trinajstić information content (AvgIpc) is 2.69. The second kappa shape index (κ2) is 9.43. The van der Waals surface area contributed by atoms with E-state index in [1.54, 1.807) is 0 Å². The second-order valence-corrected chi connectivity index (χ2v) is 8.59. The first-order valence-corrected chi connectivity index (χ1v) is 10.7. The summed E-state index contributed by atoms with van der Waals surface area (Å²) in [6, 6.07) is 11.8. The highest BCUT2D eigenvalue weighted by Gasteiger charge is 2.33. The van der Waals surface area contributed by atoms with Gasteiger partial charge in [-0.3, -0.25) is 0 Å². The molecule has 1 aliphatic rings. The highest BCUT2D eigenvalue weighted by atomic mass is 35.5. The zero-order valence-corrected chi connectivity index (χ0v) is 18.5. The fourth-order valence-corrected chi connectivity index (χ4v) is 4.03. The summed E-state index contributed by atoms with van der Waals surface area (Å²) in [6.45, 7) is 6.39. The normalized spacial score (nSPS) is 16.3. The van der Waals surface area contributed by atoms with E-state index in [1.807, 2.05) is 6.92 Å². The largest absolute Gasteiger partial charge is 0.417 e. The average molecular weight is 456 g/mol. The van der Waals surface area contributed by atoms with Crippen molar-refractivity contribution in [1.29, 1.82) is 0 Å². The van der Waals surface area contributed by atoms with Crippen molar-refractivity contribution in [3.8, 4) is 0 Å². The van der Waals surface area contributed by atoms with Crippen LogP contribution in [0.3, 0.4) is 0 Å². The molecule has 0 unspecified atom stereocenters. The second-order valence-electron chi connectivity index (χ2n) is 7.77. The van der Waals surface area contributed by atoms with Gasteiger partial charge in [-0.2, -0.15) is 13.2 Å². The number of thiocarbonyl (C=S) groups is 1. The van der Waals surface area contributed by atoms with Crippen LogP contribution in [0.1, 0.15) is 43.9 Å². The van der Waals surface area contributed by atoms with E-state index in [1.165, 1.54) is 30.7 Å². The molecule has 0 amide bonds. The maximum atomic E-state index is 13.0. The Morgan fingerprint density at radius 1 is 1.13 bits per heavy atom. The molecule has 30 heavy (non-hydrogen) atoms. The Labute approximate surface area is 185 Å². The van der Waals surface area contributed by atoms with E-state index in [4.69, 9.17) is 23.8 Å². The van der Waals surface area contributed by atoms with Crippen LogP contribution < -0.4 is 15.5 Å². The van der Waals surface area contributed by atoms with E-state index < -0.39 is 11.7 Å². The highest BCUT2D eigenvalue weighted by Crippen LogP contribution is 2.36. The number of hydrogen-bond donors (Lipinski definition) is 2. The third kappa shape index (κ3) is 5.79. The smallest absolute Gasteiger partial charge is 0.372 e. The van der Waals surface area contributed by atoms with Crippen molar-refractivity contribution >= 4 is 40.3 Å². The van der Waals surface area contributed by atoms with Crippen molar-refractivity contribution in [3.63, 3.8) is 0 Å². The number of nitrogens with zero attached hydrogens (tertiary/aromatic N) is 1. The minimum Gasteiger partial charge on any atom is -0.372 e. The molecule has 3 nitrogen and oxygen atoms in total. The molecule has 0 aromatic heterocycles. The van der Waals surface area contributed by atoms with Gasteiger partial charge in [0, 0.05) is 24.5 Å². The topological polar surface area (TPSA) is 27.3 Å². The van der Waals surface area contributed by atoms with Crippen molar-refractivity contribution in [2.24, 2.45) is 5.92 Å². The van der Waals surface area contributed by atoms with Crippen LogP contribution in [-0.2, 0) is 6.18 Å². The van der Waals surface area contributed by atoms with E-state index in [9.17, 15) is 13.2 Å². The van der Waals surface area contributed by atoms with Gasteiger partial charge in [0.15, 0.2) is 5.11 Å². The number of halogens is 4. The Hall–Kier alpha value is -1.99. The lowest BCUT2D eigenvalue weighted by Gasteiger charge is -2.32. The fourth-order valence-electron chi connectivity index (χ4n) is 3.51. The summed E-state index contributed by atoms with van der Waals surface area (Å²) >= 11 is 10.9. The Balaban J connectivity index is 1.59. The van der Waals surface area contributed by atoms with E-state index in [0.717, 1.165) is 30.6 Å². The van der Waals surface area contributed by atoms with Gasteiger partial charge in [-0.15, -0.1) is 0 Å². The molecule has 162 valence electrons. The summed E-state index contributed by atoms with van der Waals surface area (Å²) in [6.07, 6.45) is -2.11. The molecule has 3 rings (SSSR count).